The standard InChI is InChI=1S/C18H24N4O2/c1-6-12(3)19-17(23)15-10-13(4)20-18(22-15)21-14-9-11(2)7-8-16(14)24-5/h7-10,12H,6H2,1-5H3,(H,19,23)(H,20,21,22). The number of ether oxygens (including phenoxy) is 1. The van der Waals surface area contributed by atoms with Gasteiger partial charge in [0.05, 0.1) is 12.8 Å². The molecule has 1 unspecified atom stereocenters. The minimum absolute atomic E-state index is 0.0982. The summed E-state index contributed by atoms with van der Waals surface area (Å²) in [4.78, 5) is 21.0. The molecule has 2 rings (SSSR count). The summed E-state index contributed by atoms with van der Waals surface area (Å²) in [6.07, 6.45) is 0.863. The van der Waals surface area contributed by atoms with Crippen molar-refractivity contribution in [2.45, 2.75) is 40.2 Å². The molecule has 1 amide bonds. The predicted molar refractivity (Wildman–Crippen MR) is 95.0 cm³/mol. The van der Waals surface area contributed by atoms with Crippen molar-refractivity contribution in [2.75, 3.05) is 12.4 Å². The normalized spacial score (nSPS) is 11.7. The molecule has 6 nitrogen and oxygen atoms in total. The lowest BCUT2D eigenvalue weighted by Gasteiger charge is -2.13. The van der Waals surface area contributed by atoms with Gasteiger partial charge in [-0.05, 0) is 51.0 Å². The van der Waals surface area contributed by atoms with Crippen LogP contribution in [0.4, 0.5) is 11.6 Å². The fourth-order valence-electron chi connectivity index (χ4n) is 2.18. The number of hydrogen-bond donors (Lipinski definition) is 2. The molecule has 128 valence electrons. The van der Waals surface area contributed by atoms with Crippen molar-refractivity contribution in [2.24, 2.45) is 0 Å². The Balaban J connectivity index is 2.29. The number of aromatic nitrogens is 2. The van der Waals surface area contributed by atoms with Crippen molar-refractivity contribution in [3.63, 3.8) is 0 Å². The lowest BCUT2D eigenvalue weighted by molar-refractivity contribution is 0.0934. The van der Waals surface area contributed by atoms with Gasteiger partial charge in [0, 0.05) is 11.7 Å². The molecule has 0 bridgehead atoms. The van der Waals surface area contributed by atoms with E-state index in [2.05, 4.69) is 20.6 Å². The summed E-state index contributed by atoms with van der Waals surface area (Å²) in [6, 6.07) is 7.57. The highest BCUT2D eigenvalue weighted by atomic mass is 16.5. The first-order valence-corrected chi connectivity index (χ1v) is 8.01. The lowest BCUT2D eigenvalue weighted by atomic mass is 10.2. The molecule has 2 aromatic rings. The largest absolute Gasteiger partial charge is 0.495 e. The zero-order valence-electron chi connectivity index (χ0n) is 14.8. The van der Waals surface area contributed by atoms with Crippen LogP contribution in [0, 0.1) is 13.8 Å². The molecule has 0 aliphatic rings. The third kappa shape index (κ3) is 4.44. The van der Waals surface area contributed by atoms with Gasteiger partial charge < -0.3 is 15.4 Å². The van der Waals surface area contributed by atoms with Gasteiger partial charge in [-0.25, -0.2) is 9.97 Å². The molecule has 0 fully saturated rings. The van der Waals surface area contributed by atoms with E-state index in [1.807, 2.05) is 45.9 Å². The van der Waals surface area contributed by atoms with Gasteiger partial charge in [0.15, 0.2) is 0 Å². The van der Waals surface area contributed by atoms with E-state index in [0.717, 1.165) is 17.7 Å². The van der Waals surface area contributed by atoms with Gasteiger partial charge in [-0.15, -0.1) is 0 Å². The van der Waals surface area contributed by atoms with Crippen molar-refractivity contribution < 1.29 is 9.53 Å². The highest BCUT2D eigenvalue weighted by Gasteiger charge is 2.13. The summed E-state index contributed by atoms with van der Waals surface area (Å²) in [7, 11) is 1.61. The molecule has 0 saturated heterocycles. The second kappa shape index (κ2) is 7.77. The fourth-order valence-corrected chi connectivity index (χ4v) is 2.18. The third-order valence-electron chi connectivity index (χ3n) is 3.68. The Hall–Kier alpha value is -2.63. The third-order valence-corrected chi connectivity index (χ3v) is 3.68. The molecule has 1 aromatic carbocycles. The maximum Gasteiger partial charge on any atom is 0.270 e. The van der Waals surface area contributed by atoms with Gasteiger partial charge in [-0.2, -0.15) is 0 Å². The quantitative estimate of drug-likeness (QED) is 0.850. The number of carbonyl (C=O) groups excluding carboxylic acids is 1. The smallest absolute Gasteiger partial charge is 0.270 e. The Bertz CT molecular complexity index is 731. The zero-order valence-corrected chi connectivity index (χ0v) is 14.8. The number of amides is 1. The zero-order chi connectivity index (χ0) is 17.7. The summed E-state index contributed by atoms with van der Waals surface area (Å²) in [6.45, 7) is 7.81. The topological polar surface area (TPSA) is 76.1 Å². The number of aryl methyl sites for hydroxylation is 2. The average Bonchev–Trinajstić information content (AvgIpc) is 2.54. The van der Waals surface area contributed by atoms with Gasteiger partial charge in [0.1, 0.15) is 11.4 Å². The molecular weight excluding hydrogens is 304 g/mol. The molecule has 1 atom stereocenters. The van der Waals surface area contributed by atoms with E-state index < -0.39 is 0 Å². The predicted octanol–water partition coefficient (Wildman–Crippen LogP) is 3.37. The Kier molecular flexibility index (Phi) is 5.73. The second-order valence-electron chi connectivity index (χ2n) is 5.83. The van der Waals surface area contributed by atoms with E-state index in [1.54, 1.807) is 13.2 Å². The van der Waals surface area contributed by atoms with Crippen LogP contribution in [-0.2, 0) is 0 Å². The Morgan fingerprint density at radius 2 is 2.00 bits per heavy atom. The molecule has 1 aromatic heterocycles. The van der Waals surface area contributed by atoms with E-state index in [-0.39, 0.29) is 11.9 Å². The molecule has 0 aliphatic carbocycles. The monoisotopic (exact) mass is 328 g/mol. The second-order valence-corrected chi connectivity index (χ2v) is 5.83. The van der Waals surface area contributed by atoms with Crippen LogP contribution in [0.3, 0.4) is 0 Å². The molecule has 0 radical (unpaired) electrons. The van der Waals surface area contributed by atoms with Crippen LogP contribution in [-0.4, -0.2) is 29.0 Å². The van der Waals surface area contributed by atoms with E-state index in [4.69, 9.17) is 4.74 Å². The van der Waals surface area contributed by atoms with Crippen LogP contribution in [0.15, 0.2) is 24.3 Å². The van der Waals surface area contributed by atoms with Crippen molar-refractivity contribution in [3.05, 3.63) is 41.2 Å². The number of anilines is 2. The first kappa shape index (κ1) is 17.7. The summed E-state index contributed by atoms with van der Waals surface area (Å²) in [5, 5.41) is 6.05. The van der Waals surface area contributed by atoms with Gasteiger partial charge in [0.2, 0.25) is 5.95 Å². The Labute approximate surface area is 142 Å². The molecule has 0 aliphatic heterocycles. The summed E-state index contributed by atoms with van der Waals surface area (Å²) >= 11 is 0. The molecule has 6 heteroatoms. The van der Waals surface area contributed by atoms with Crippen molar-refractivity contribution in [1.82, 2.24) is 15.3 Å². The van der Waals surface area contributed by atoms with Crippen molar-refractivity contribution in [1.29, 1.82) is 0 Å². The number of benzene rings is 1. The van der Waals surface area contributed by atoms with Crippen molar-refractivity contribution >= 4 is 17.5 Å². The maximum atomic E-state index is 12.3. The van der Waals surface area contributed by atoms with Crippen LogP contribution in [0.2, 0.25) is 0 Å². The molecule has 24 heavy (non-hydrogen) atoms. The number of methoxy groups -OCH3 is 1. The average molecular weight is 328 g/mol. The van der Waals surface area contributed by atoms with E-state index in [0.29, 0.717) is 23.1 Å². The van der Waals surface area contributed by atoms with Crippen LogP contribution >= 0.6 is 0 Å². The van der Waals surface area contributed by atoms with Crippen LogP contribution < -0.4 is 15.4 Å². The summed E-state index contributed by atoms with van der Waals surface area (Å²) in [5.41, 5.74) is 2.91. The molecule has 0 saturated carbocycles. The molecule has 1 heterocycles. The minimum atomic E-state index is -0.200. The Morgan fingerprint density at radius 1 is 1.25 bits per heavy atom. The molecular formula is C18H24N4O2. The van der Waals surface area contributed by atoms with E-state index in [1.165, 1.54) is 0 Å². The SMILES string of the molecule is CCC(C)NC(=O)c1cc(C)nc(Nc2cc(C)ccc2OC)n1. The number of carbonyl (C=O) groups is 1. The van der Waals surface area contributed by atoms with Crippen LogP contribution in [0.1, 0.15) is 42.0 Å². The number of hydrogen-bond acceptors (Lipinski definition) is 5. The highest BCUT2D eigenvalue weighted by molar-refractivity contribution is 5.92. The lowest BCUT2D eigenvalue weighted by Crippen LogP contribution is -2.32. The van der Waals surface area contributed by atoms with Crippen LogP contribution in [0.5, 0.6) is 5.75 Å². The van der Waals surface area contributed by atoms with E-state index in [9.17, 15) is 4.79 Å². The van der Waals surface area contributed by atoms with Gasteiger partial charge in [-0.3, -0.25) is 4.79 Å². The number of rotatable bonds is 6. The number of nitrogens with one attached hydrogen (secondary N) is 2. The van der Waals surface area contributed by atoms with Gasteiger partial charge in [0.25, 0.3) is 5.91 Å². The first-order valence-electron chi connectivity index (χ1n) is 8.01. The molecule has 0 spiro atoms. The summed E-state index contributed by atoms with van der Waals surface area (Å²) in [5.74, 6) is 0.860. The molecule has 2 N–H and O–H groups in total. The first-order chi connectivity index (χ1) is 11.4. The Morgan fingerprint density at radius 3 is 2.67 bits per heavy atom. The fraction of sp³-hybridized carbons (Fsp3) is 0.389. The van der Waals surface area contributed by atoms with Gasteiger partial charge >= 0.3 is 0 Å². The van der Waals surface area contributed by atoms with Gasteiger partial charge in [-0.1, -0.05) is 13.0 Å². The minimum Gasteiger partial charge on any atom is -0.495 e. The highest BCUT2D eigenvalue weighted by Crippen LogP contribution is 2.27. The maximum absolute atomic E-state index is 12.3. The summed E-state index contributed by atoms with van der Waals surface area (Å²) < 4.78 is 5.35. The van der Waals surface area contributed by atoms with Crippen molar-refractivity contribution in [3.8, 4) is 5.75 Å². The van der Waals surface area contributed by atoms with E-state index >= 15 is 0 Å². The number of nitrogens with zero attached hydrogens (tertiary/aromatic N) is 2. The van der Waals surface area contributed by atoms with Crippen LogP contribution in [0.25, 0.3) is 0 Å².